The highest BCUT2D eigenvalue weighted by molar-refractivity contribution is 7.90. The average molecular weight is 527 g/mol. The molecule has 198 valence electrons. The Kier molecular flexibility index (Phi) is 7.75. The van der Waals surface area contributed by atoms with Gasteiger partial charge in [0, 0.05) is 57.3 Å². The van der Waals surface area contributed by atoms with Crippen molar-refractivity contribution in [2.24, 2.45) is 0 Å². The van der Waals surface area contributed by atoms with E-state index >= 15 is 0 Å². The van der Waals surface area contributed by atoms with Crippen LogP contribution in [-0.2, 0) is 14.9 Å². The van der Waals surface area contributed by atoms with Gasteiger partial charge in [0.1, 0.15) is 5.65 Å². The number of anilines is 1. The predicted molar refractivity (Wildman–Crippen MR) is 143 cm³/mol. The predicted octanol–water partition coefficient (Wildman–Crippen LogP) is 2.64. The van der Waals surface area contributed by atoms with Crippen LogP contribution in [0.5, 0.6) is 0 Å². The van der Waals surface area contributed by atoms with Crippen LogP contribution in [0, 0.1) is 0 Å². The molecule has 0 atom stereocenters. The van der Waals surface area contributed by atoms with Crippen molar-refractivity contribution in [3.63, 3.8) is 0 Å². The molecule has 0 unspecified atom stereocenters. The van der Waals surface area contributed by atoms with Gasteiger partial charge in [0.2, 0.25) is 0 Å². The molecule has 37 heavy (non-hydrogen) atoms. The van der Waals surface area contributed by atoms with Crippen molar-refractivity contribution < 1.29 is 17.9 Å². The number of ether oxygens (including phenoxy) is 1. The third-order valence-electron chi connectivity index (χ3n) is 7.15. The molecule has 1 saturated heterocycles. The number of fused-ring (bicyclic) bond motifs is 1. The van der Waals surface area contributed by atoms with E-state index in [-0.39, 0.29) is 11.9 Å². The highest BCUT2D eigenvalue weighted by Crippen LogP contribution is 2.24. The van der Waals surface area contributed by atoms with Gasteiger partial charge in [0.15, 0.2) is 0 Å². The zero-order chi connectivity index (χ0) is 25.8. The van der Waals surface area contributed by atoms with Crippen molar-refractivity contribution >= 4 is 27.5 Å². The van der Waals surface area contributed by atoms with Gasteiger partial charge in [-0.1, -0.05) is 12.1 Å². The fourth-order valence-corrected chi connectivity index (χ4v) is 5.60. The number of benzene rings is 1. The number of imidazole rings is 1. The van der Waals surface area contributed by atoms with Gasteiger partial charge in [-0.15, -0.1) is 0 Å². The monoisotopic (exact) mass is 526 g/mol. The van der Waals surface area contributed by atoms with E-state index in [1.165, 1.54) is 0 Å². The number of hydrogen-bond donors (Lipinski definition) is 3. The van der Waals surface area contributed by atoms with Crippen LogP contribution in [0.25, 0.3) is 16.9 Å². The fraction of sp³-hybridized carbons (Fsp3) is 0.462. The van der Waals surface area contributed by atoms with E-state index in [4.69, 9.17) is 4.74 Å². The van der Waals surface area contributed by atoms with Crippen LogP contribution in [0.4, 0.5) is 5.69 Å². The van der Waals surface area contributed by atoms with Crippen LogP contribution in [0.3, 0.4) is 0 Å². The molecule has 1 aromatic carbocycles. The van der Waals surface area contributed by atoms with Crippen molar-refractivity contribution in [2.45, 2.75) is 44.2 Å². The number of carbonyl (C=O) groups excluding carboxylic acids is 1. The van der Waals surface area contributed by atoms with E-state index in [9.17, 15) is 13.2 Å². The highest BCUT2D eigenvalue weighted by atomic mass is 32.2. The number of piperidine rings is 1. The number of aromatic nitrogens is 2. The van der Waals surface area contributed by atoms with Gasteiger partial charge in [-0.25, -0.2) is 4.98 Å². The Morgan fingerprint density at radius 1 is 1.11 bits per heavy atom. The standard InChI is InChI=1S/C26H34N6O4S/c1-36-23-10-13-31(14-11-23)15-12-27-37(34,35)30-22-7-2-4-19(16-22)24-18-32-17-20(8-9-25(32)29-24)26(33)28-21-5-3-6-21/h2,4,7-9,16-18,21,23,27,30H,3,5-6,10-15H2,1H3,(H,28,33). The minimum absolute atomic E-state index is 0.0785. The van der Waals surface area contributed by atoms with Crippen molar-refractivity contribution in [1.29, 1.82) is 0 Å². The summed E-state index contributed by atoms with van der Waals surface area (Å²) >= 11 is 0. The number of nitrogens with zero attached hydrogens (tertiary/aromatic N) is 3. The quantitative estimate of drug-likeness (QED) is 0.374. The summed E-state index contributed by atoms with van der Waals surface area (Å²) in [4.78, 5) is 19.4. The molecule has 2 fully saturated rings. The van der Waals surface area contributed by atoms with Crippen LogP contribution < -0.4 is 14.8 Å². The summed E-state index contributed by atoms with van der Waals surface area (Å²) in [5.74, 6) is -0.0785. The zero-order valence-electron chi connectivity index (χ0n) is 21.0. The summed E-state index contributed by atoms with van der Waals surface area (Å²) in [6.07, 6.45) is 9.07. The summed E-state index contributed by atoms with van der Waals surface area (Å²) in [5, 5.41) is 3.05. The van der Waals surface area contributed by atoms with Crippen LogP contribution in [0.2, 0.25) is 0 Å². The summed E-state index contributed by atoms with van der Waals surface area (Å²) in [5.41, 5.74) is 3.19. The molecule has 10 nitrogen and oxygen atoms in total. The minimum Gasteiger partial charge on any atom is -0.381 e. The summed E-state index contributed by atoms with van der Waals surface area (Å²) in [6.45, 7) is 2.79. The van der Waals surface area contributed by atoms with Gasteiger partial charge in [-0.2, -0.15) is 13.1 Å². The van der Waals surface area contributed by atoms with Crippen LogP contribution in [0.15, 0.2) is 48.8 Å². The summed E-state index contributed by atoms with van der Waals surface area (Å²) in [7, 11) is -1.98. The maximum absolute atomic E-state index is 12.6. The molecule has 2 aromatic heterocycles. The Bertz CT molecular complexity index is 1350. The van der Waals surface area contributed by atoms with Crippen molar-refractivity contribution in [3.05, 3.63) is 54.4 Å². The molecule has 0 bridgehead atoms. The van der Waals surface area contributed by atoms with Crippen molar-refractivity contribution in [1.82, 2.24) is 24.3 Å². The van der Waals surface area contributed by atoms with E-state index in [1.54, 1.807) is 37.6 Å². The second-order valence-corrected chi connectivity index (χ2v) is 11.3. The number of rotatable bonds is 10. The lowest BCUT2D eigenvalue weighted by atomic mass is 9.93. The maximum Gasteiger partial charge on any atom is 0.299 e. The highest BCUT2D eigenvalue weighted by Gasteiger charge is 2.21. The van der Waals surface area contributed by atoms with Gasteiger partial charge >= 0.3 is 0 Å². The average Bonchev–Trinajstić information content (AvgIpc) is 3.30. The minimum atomic E-state index is -3.72. The zero-order valence-corrected chi connectivity index (χ0v) is 21.8. The first-order chi connectivity index (χ1) is 17.9. The number of methoxy groups -OCH3 is 1. The number of nitrogens with one attached hydrogen (secondary N) is 3. The van der Waals surface area contributed by atoms with Crippen LogP contribution >= 0.6 is 0 Å². The lowest BCUT2D eigenvalue weighted by Crippen LogP contribution is -2.42. The van der Waals surface area contributed by atoms with E-state index in [0.29, 0.717) is 41.8 Å². The van der Waals surface area contributed by atoms with Crippen LogP contribution in [-0.4, -0.2) is 74.0 Å². The van der Waals surface area contributed by atoms with E-state index in [2.05, 4.69) is 24.6 Å². The Labute approximate surface area is 217 Å². The lowest BCUT2D eigenvalue weighted by Gasteiger charge is -2.31. The smallest absolute Gasteiger partial charge is 0.299 e. The molecular weight excluding hydrogens is 492 g/mol. The second-order valence-electron chi connectivity index (χ2n) is 9.77. The Morgan fingerprint density at radius 3 is 2.65 bits per heavy atom. The molecule has 5 rings (SSSR count). The molecule has 3 heterocycles. The fourth-order valence-electron chi connectivity index (χ4n) is 4.73. The van der Waals surface area contributed by atoms with Gasteiger partial charge in [-0.3, -0.25) is 9.52 Å². The summed E-state index contributed by atoms with van der Waals surface area (Å²) < 4.78 is 37.7. The van der Waals surface area contributed by atoms with Crippen molar-refractivity contribution in [2.75, 3.05) is 38.0 Å². The third kappa shape index (κ3) is 6.48. The Hall–Kier alpha value is -2.99. The maximum atomic E-state index is 12.6. The molecule has 2 aliphatic rings. The lowest BCUT2D eigenvalue weighted by molar-refractivity contribution is 0.0418. The van der Waals surface area contributed by atoms with Gasteiger partial charge < -0.3 is 19.4 Å². The second kappa shape index (κ2) is 11.2. The first-order valence-corrected chi connectivity index (χ1v) is 14.3. The normalized spacial score (nSPS) is 17.5. The molecule has 1 aliphatic carbocycles. The molecule has 0 radical (unpaired) electrons. The van der Waals surface area contributed by atoms with Crippen molar-refractivity contribution in [3.8, 4) is 11.3 Å². The number of likely N-dealkylation sites (tertiary alicyclic amines) is 1. The molecule has 1 amide bonds. The molecular formula is C26H34N6O4S. The van der Waals surface area contributed by atoms with Gasteiger partial charge in [0.05, 0.1) is 23.0 Å². The van der Waals surface area contributed by atoms with Crippen LogP contribution in [0.1, 0.15) is 42.5 Å². The molecule has 3 aromatic rings. The number of pyridine rings is 1. The Morgan fingerprint density at radius 2 is 1.92 bits per heavy atom. The van der Waals surface area contributed by atoms with E-state index in [0.717, 1.165) is 50.8 Å². The largest absolute Gasteiger partial charge is 0.381 e. The number of amides is 1. The molecule has 11 heteroatoms. The first-order valence-electron chi connectivity index (χ1n) is 12.8. The summed E-state index contributed by atoms with van der Waals surface area (Å²) in [6, 6.07) is 11.0. The topological polar surface area (TPSA) is 117 Å². The third-order valence-corrected chi connectivity index (χ3v) is 8.24. The van der Waals surface area contributed by atoms with E-state index in [1.807, 2.05) is 22.7 Å². The molecule has 0 spiro atoms. The number of hydrogen-bond acceptors (Lipinski definition) is 6. The molecule has 1 saturated carbocycles. The first kappa shape index (κ1) is 25.7. The van der Waals surface area contributed by atoms with Gasteiger partial charge in [0.25, 0.3) is 16.1 Å². The molecule has 3 N–H and O–H groups in total. The number of carbonyl (C=O) groups is 1. The molecule has 1 aliphatic heterocycles. The Balaban J connectivity index is 1.20. The SMILES string of the molecule is COC1CCN(CCNS(=O)(=O)Nc2cccc(-c3cn4cc(C(=O)NC5CCC5)ccc4n3)c2)CC1. The van der Waals surface area contributed by atoms with Gasteiger partial charge in [-0.05, 0) is 56.4 Å². The van der Waals surface area contributed by atoms with E-state index < -0.39 is 10.2 Å².